The minimum Gasteiger partial charge on any atom is -0.497 e. The third kappa shape index (κ3) is 16.3. The lowest BCUT2D eigenvalue weighted by atomic mass is 9.92. The highest BCUT2D eigenvalue weighted by Crippen LogP contribution is 2.14. The van der Waals surface area contributed by atoms with Crippen molar-refractivity contribution in [3.63, 3.8) is 0 Å². The molecule has 0 spiro atoms. The van der Waals surface area contributed by atoms with Crippen LogP contribution in [0.25, 0.3) is 0 Å². The fourth-order valence-corrected chi connectivity index (χ4v) is 1.28. The SMILES string of the molecule is CC#CCC(C)(C)C=O.CCOC.COc1ccc(CC(=O)O)cc1. The number of carboxylic acids is 1. The molecule has 0 radical (unpaired) electrons. The molecule has 0 bridgehead atoms. The topological polar surface area (TPSA) is 72.8 Å². The second kappa shape index (κ2) is 15.2. The molecule has 0 aliphatic rings. The van der Waals surface area contributed by atoms with Crippen molar-refractivity contribution in [1.82, 2.24) is 0 Å². The normalized spacial score (nSPS) is 9.20. The molecule has 5 nitrogen and oxygen atoms in total. The van der Waals surface area contributed by atoms with E-state index in [-0.39, 0.29) is 11.8 Å². The van der Waals surface area contributed by atoms with Gasteiger partial charge >= 0.3 is 5.97 Å². The molecule has 0 saturated carbocycles. The molecule has 0 unspecified atom stereocenters. The summed E-state index contributed by atoms with van der Waals surface area (Å²) in [4.78, 5) is 20.6. The third-order valence-corrected chi connectivity index (χ3v) is 2.84. The number of hydrogen-bond donors (Lipinski definition) is 1. The summed E-state index contributed by atoms with van der Waals surface area (Å²) in [5.41, 5.74) is 0.520. The number of aldehydes is 1. The Morgan fingerprint density at radius 3 is 2.08 bits per heavy atom. The quantitative estimate of drug-likeness (QED) is 0.627. The molecule has 0 aromatic heterocycles. The first-order valence-electron chi connectivity index (χ1n) is 7.95. The van der Waals surface area contributed by atoms with Gasteiger partial charge in [-0.25, -0.2) is 0 Å². The van der Waals surface area contributed by atoms with Gasteiger partial charge in [0, 0.05) is 25.6 Å². The van der Waals surface area contributed by atoms with Gasteiger partial charge in [-0.15, -0.1) is 11.8 Å². The van der Waals surface area contributed by atoms with E-state index in [1.807, 2.05) is 20.8 Å². The summed E-state index contributed by atoms with van der Waals surface area (Å²) in [6.45, 7) is 8.32. The molecular formula is C20H30O5. The summed E-state index contributed by atoms with van der Waals surface area (Å²) in [5, 5.41) is 8.46. The predicted molar refractivity (Wildman–Crippen MR) is 99.8 cm³/mol. The van der Waals surface area contributed by atoms with Gasteiger partial charge in [-0.1, -0.05) is 26.0 Å². The van der Waals surface area contributed by atoms with Crippen molar-refractivity contribution in [2.75, 3.05) is 20.8 Å². The maximum absolute atomic E-state index is 10.3. The van der Waals surface area contributed by atoms with Crippen molar-refractivity contribution in [2.45, 2.75) is 40.5 Å². The fourth-order valence-electron chi connectivity index (χ4n) is 1.28. The molecule has 1 aromatic rings. The van der Waals surface area contributed by atoms with Crippen LogP contribution in [0.5, 0.6) is 5.75 Å². The Kier molecular flexibility index (Phi) is 15.2. The number of aliphatic carboxylic acids is 1. The highest BCUT2D eigenvalue weighted by atomic mass is 16.5. The number of rotatable bonds is 6. The Morgan fingerprint density at radius 2 is 1.76 bits per heavy atom. The summed E-state index contributed by atoms with van der Waals surface area (Å²) in [6, 6.07) is 6.98. The van der Waals surface area contributed by atoms with Crippen LogP contribution < -0.4 is 4.74 Å². The van der Waals surface area contributed by atoms with Gasteiger partial charge in [0.2, 0.25) is 0 Å². The van der Waals surface area contributed by atoms with Crippen LogP contribution in [0.2, 0.25) is 0 Å². The van der Waals surface area contributed by atoms with Gasteiger partial charge in [-0.05, 0) is 31.5 Å². The number of ether oxygens (including phenoxy) is 2. The van der Waals surface area contributed by atoms with E-state index < -0.39 is 5.97 Å². The molecule has 0 fully saturated rings. The van der Waals surface area contributed by atoms with Crippen molar-refractivity contribution in [1.29, 1.82) is 0 Å². The molecule has 0 atom stereocenters. The van der Waals surface area contributed by atoms with Crippen molar-refractivity contribution in [3.05, 3.63) is 29.8 Å². The molecule has 0 heterocycles. The summed E-state index contributed by atoms with van der Waals surface area (Å²) in [5.74, 6) is 5.53. The second-order valence-electron chi connectivity index (χ2n) is 5.71. The van der Waals surface area contributed by atoms with E-state index in [0.717, 1.165) is 24.2 Å². The van der Waals surface area contributed by atoms with Crippen molar-refractivity contribution in [3.8, 4) is 17.6 Å². The van der Waals surface area contributed by atoms with E-state index in [1.165, 1.54) is 0 Å². The summed E-state index contributed by atoms with van der Waals surface area (Å²) in [6.07, 6.45) is 1.66. The molecule has 1 aromatic carbocycles. The lowest BCUT2D eigenvalue weighted by molar-refractivity contribution is -0.136. The predicted octanol–water partition coefficient (Wildman–Crippen LogP) is 3.60. The van der Waals surface area contributed by atoms with Gasteiger partial charge in [-0.2, -0.15) is 0 Å². The van der Waals surface area contributed by atoms with Gasteiger partial charge in [0.15, 0.2) is 0 Å². The standard InChI is InChI=1S/C9H10O3.C8H12O.C3H8O/c1-12-8-4-2-7(3-5-8)6-9(10)11;1-4-5-6-8(2,3)7-9;1-3-4-2/h2-5H,6H2,1H3,(H,10,11);7H,6H2,1-3H3;3H2,1-2H3. The molecule has 1 N–H and O–H groups in total. The van der Waals surface area contributed by atoms with Crippen LogP contribution in [0, 0.1) is 17.3 Å². The molecule has 5 heteroatoms. The smallest absolute Gasteiger partial charge is 0.307 e. The lowest BCUT2D eigenvalue weighted by Gasteiger charge is -2.10. The number of methoxy groups -OCH3 is 2. The molecular weight excluding hydrogens is 320 g/mol. The van der Waals surface area contributed by atoms with Crippen LogP contribution >= 0.6 is 0 Å². The zero-order valence-electron chi connectivity index (χ0n) is 16.1. The molecule has 0 aliphatic heterocycles. The molecule has 25 heavy (non-hydrogen) atoms. The second-order valence-corrected chi connectivity index (χ2v) is 5.71. The minimum absolute atomic E-state index is 0.0595. The molecule has 0 aliphatic carbocycles. The minimum atomic E-state index is -0.819. The van der Waals surface area contributed by atoms with Crippen molar-refractivity contribution < 1.29 is 24.2 Å². The van der Waals surface area contributed by atoms with Gasteiger partial charge in [0.1, 0.15) is 12.0 Å². The van der Waals surface area contributed by atoms with Crippen LogP contribution in [-0.2, 0) is 20.7 Å². The van der Waals surface area contributed by atoms with E-state index in [1.54, 1.807) is 45.4 Å². The first kappa shape index (κ1) is 24.9. The van der Waals surface area contributed by atoms with E-state index in [4.69, 9.17) is 9.84 Å². The zero-order valence-corrected chi connectivity index (χ0v) is 16.1. The van der Waals surface area contributed by atoms with Crippen LogP contribution in [0.1, 0.15) is 39.7 Å². The number of carboxylic acid groups (broad SMARTS) is 1. The highest BCUT2D eigenvalue weighted by Gasteiger charge is 2.13. The number of benzene rings is 1. The molecule has 0 amide bonds. The van der Waals surface area contributed by atoms with E-state index in [9.17, 15) is 9.59 Å². The average Bonchev–Trinajstić information content (AvgIpc) is 2.61. The van der Waals surface area contributed by atoms with Crippen molar-refractivity contribution >= 4 is 12.3 Å². The van der Waals surface area contributed by atoms with Crippen LogP contribution in [0.3, 0.4) is 0 Å². The lowest BCUT2D eigenvalue weighted by Crippen LogP contribution is -2.10. The number of carbonyl (C=O) groups is 2. The van der Waals surface area contributed by atoms with Crippen LogP contribution in [-0.4, -0.2) is 38.2 Å². The first-order valence-corrected chi connectivity index (χ1v) is 7.95. The van der Waals surface area contributed by atoms with Gasteiger partial charge < -0.3 is 19.4 Å². The van der Waals surface area contributed by atoms with Gasteiger partial charge in [0.25, 0.3) is 0 Å². The van der Waals surface area contributed by atoms with E-state index in [2.05, 4.69) is 16.6 Å². The van der Waals surface area contributed by atoms with Gasteiger partial charge in [0.05, 0.1) is 13.5 Å². The van der Waals surface area contributed by atoms with Crippen LogP contribution in [0.4, 0.5) is 0 Å². The Morgan fingerprint density at radius 1 is 1.24 bits per heavy atom. The van der Waals surface area contributed by atoms with E-state index >= 15 is 0 Å². The van der Waals surface area contributed by atoms with Crippen molar-refractivity contribution in [2.24, 2.45) is 5.41 Å². The zero-order chi connectivity index (χ0) is 19.7. The third-order valence-electron chi connectivity index (χ3n) is 2.84. The molecule has 140 valence electrons. The monoisotopic (exact) mass is 350 g/mol. The first-order chi connectivity index (χ1) is 11.8. The van der Waals surface area contributed by atoms with Crippen LogP contribution in [0.15, 0.2) is 24.3 Å². The number of carbonyl (C=O) groups excluding carboxylic acids is 1. The Bertz CT molecular complexity index is 533. The largest absolute Gasteiger partial charge is 0.497 e. The Labute approximate surface area is 151 Å². The summed E-state index contributed by atoms with van der Waals surface area (Å²) >= 11 is 0. The van der Waals surface area contributed by atoms with Gasteiger partial charge in [-0.3, -0.25) is 4.79 Å². The number of hydrogen-bond acceptors (Lipinski definition) is 4. The van der Waals surface area contributed by atoms with E-state index in [0.29, 0.717) is 6.42 Å². The average molecular weight is 350 g/mol. The maximum Gasteiger partial charge on any atom is 0.307 e. The maximum atomic E-state index is 10.3. The summed E-state index contributed by atoms with van der Waals surface area (Å²) < 4.78 is 9.47. The summed E-state index contributed by atoms with van der Waals surface area (Å²) in [7, 11) is 3.26. The molecule has 0 saturated heterocycles. The Hall–Kier alpha value is -2.32. The Balaban J connectivity index is 0. The molecule has 1 rings (SSSR count). The fraction of sp³-hybridized carbons (Fsp3) is 0.500. The highest BCUT2D eigenvalue weighted by molar-refractivity contribution is 5.70.